The normalized spacial score (nSPS) is 11.1. The van der Waals surface area contributed by atoms with Crippen molar-refractivity contribution < 1.29 is 19.4 Å². The minimum absolute atomic E-state index is 0.101. The summed E-state index contributed by atoms with van der Waals surface area (Å²) in [4.78, 5) is 12.3. The minimum Gasteiger partial charge on any atom is -0.507 e. The van der Waals surface area contributed by atoms with Gasteiger partial charge in [-0.05, 0) is 42.8 Å². The van der Waals surface area contributed by atoms with Crippen LogP contribution in [0.25, 0.3) is 0 Å². The molecule has 0 saturated heterocycles. The van der Waals surface area contributed by atoms with Gasteiger partial charge in [0.25, 0.3) is 5.91 Å². The molecule has 2 N–H and O–H groups in total. The maximum atomic E-state index is 12.3. The number of aromatic hydroxyl groups is 1. The molecular weight excluding hydrogens is 388 g/mol. The van der Waals surface area contributed by atoms with Crippen molar-refractivity contribution in [3.63, 3.8) is 0 Å². The monoisotopic (exact) mass is 406 g/mol. The van der Waals surface area contributed by atoms with E-state index < -0.39 is 0 Å². The maximum Gasteiger partial charge on any atom is 0.271 e. The fourth-order valence-corrected chi connectivity index (χ4v) is 2.59. The minimum atomic E-state index is -0.388. The van der Waals surface area contributed by atoms with Crippen molar-refractivity contribution in [2.24, 2.45) is 5.10 Å². The first-order chi connectivity index (χ1) is 12.0. The van der Waals surface area contributed by atoms with Crippen LogP contribution >= 0.6 is 15.9 Å². The Morgan fingerprint density at radius 3 is 2.52 bits per heavy atom. The van der Waals surface area contributed by atoms with Gasteiger partial charge in [-0.1, -0.05) is 22.9 Å². The van der Waals surface area contributed by atoms with Gasteiger partial charge in [0.15, 0.2) is 11.5 Å². The van der Waals surface area contributed by atoms with Crippen molar-refractivity contribution in [1.29, 1.82) is 0 Å². The summed E-state index contributed by atoms with van der Waals surface area (Å²) in [7, 11) is 3.03. The number of hydrogen-bond acceptors (Lipinski definition) is 5. The molecule has 7 heteroatoms. The van der Waals surface area contributed by atoms with Crippen LogP contribution in [0.1, 0.15) is 29.3 Å². The average molecular weight is 407 g/mol. The number of nitrogens with zero attached hydrogens (tertiary/aromatic N) is 1. The lowest BCUT2D eigenvalue weighted by atomic mass is 10.1. The number of carbonyl (C=O) groups excluding carboxylic acids is 1. The highest BCUT2D eigenvalue weighted by Crippen LogP contribution is 2.27. The zero-order chi connectivity index (χ0) is 18.4. The van der Waals surface area contributed by atoms with Gasteiger partial charge in [0.05, 0.1) is 19.9 Å². The van der Waals surface area contributed by atoms with E-state index in [0.29, 0.717) is 34.8 Å². The van der Waals surface area contributed by atoms with Crippen LogP contribution in [-0.2, 0) is 0 Å². The molecule has 0 bridgehead atoms. The quantitative estimate of drug-likeness (QED) is 0.565. The van der Waals surface area contributed by atoms with Gasteiger partial charge in [0, 0.05) is 15.6 Å². The number of nitrogens with one attached hydrogen (secondary N) is 1. The van der Waals surface area contributed by atoms with E-state index in [-0.39, 0.29) is 11.7 Å². The number of phenolic OH excluding ortho intramolecular Hbond substituents is 1. The van der Waals surface area contributed by atoms with Crippen LogP contribution in [0.3, 0.4) is 0 Å². The molecule has 25 heavy (non-hydrogen) atoms. The molecule has 0 aliphatic rings. The fraction of sp³-hybridized carbons (Fsp3) is 0.222. The smallest absolute Gasteiger partial charge is 0.271 e. The van der Waals surface area contributed by atoms with Gasteiger partial charge >= 0.3 is 0 Å². The van der Waals surface area contributed by atoms with E-state index in [9.17, 15) is 9.90 Å². The Labute approximate surface area is 154 Å². The van der Waals surface area contributed by atoms with Gasteiger partial charge in [-0.15, -0.1) is 0 Å². The third-order valence-electron chi connectivity index (χ3n) is 3.54. The summed E-state index contributed by atoms with van der Waals surface area (Å²) in [6.45, 7) is 1.89. The van der Waals surface area contributed by atoms with E-state index in [1.807, 2.05) is 6.92 Å². The first-order valence-corrected chi connectivity index (χ1v) is 8.37. The third kappa shape index (κ3) is 4.51. The molecule has 0 spiro atoms. The van der Waals surface area contributed by atoms with Crippen LogP contribution in [0.15, 0.2) is 46.0 Å². The SMILES string of the molecule is CC/C(=N\NC(=O)c1ccc(OC)c(OC)c1)c1cc(Br)ccc1O. The molecule has 0 aliphatic carbocycles. The highest BCUT2D eigenvalue weighted by atomic mass is 79.9. The molecule has 0 atom stereocenters. The van der Waals surface area contributed by atoms with Crippen molar-refractivity contribution in [3.05, 3.63) is 52.0 Å². The Kier molecular flexibility index (Phi) is 6.41. The van der Waals surface area contributed by atoms with Crippen LogP contribution in [-0.4, -0.2) is 30.9 Å². The van der Waals surface area contributed by atoms with Crippen molar-refractivity contribution in [2.45, 2.75) is 13.3 Å². The van der Waals surface area contributed by atoms with Crippen molar-refractivity contribution in [1.82, 2.24) is 5.43 Å². The summed E-state index contributed by atoms with van der Waals surface area (Å²) < 4.78 is 11.2. The van der Waals surface area contributed by atoms with Gasteiger partial charge in [0.2, 0.25) is 0 Å². The number of methoxy groups -OCH3 is 2. The molecule has 2 aromatic rings. The molecule has 132 valence electrons. The molecule has 2 rings (SSSR count). The second-order valence-corrected chi connectivity index (χ2v) is 6.00. The largest absolute Gasteiger partial charge is 0.507 e. The Morgan fingerprint density at radius 1 is 1.16 bits per heavy atom. The standard InChI is InChI=1S/C18H19BrN2O4/c1-4-14(13-10-12(19)6-7-15(13)22)20-21-18(23)11-5-8-16(24-2)17(9-11)25-3/h5-10,22H,4H2,1-3H3,(H,21,23)/b20-14+. The Balaban J connectivity index is 2.24. The molecule has 0 heterocycles. The zero-order valence-electron chi connectivity index (χ0n) is 14.2. The lowest BCUT2D eigenvalue weighted by Gasteiger charge is -2.10. The molecule has 6 nitrogen and oxygen atoms in total. The number of phenols is 1. The molecule has 0 radical (unpaired) electrons. The van der Waals surface area contributed by atoms with Crippen molar-refractivity contribution in [3.8, 4) is 17.2 Å². The number of hydrazone groups is 1. The van der Waals surface area contributed by atoms with Crippen LogP contribution in [0.4, 0.5) is 0 Å². The van der Waals surface area contributed by atoms with Gasteiger partial charge < -0.3 is 14.6 Å². The fourth-order valence-electron chi connectivity index (χ4n) is 2.23. The predicted molar refractivity (Wildman–Crippen MR) is 99.6 cm³/mol. The van der Waals surface area contributed by atoms with E-state index in [1.54, 1.807) is 36.4 Å². The van der Waals surface area contributed by atoms with E-state index in [2.05, 4.69) is 26.5 Å². The molecule has 0 aliphatic heterocycles. The second kappa shape index (κ2) is 8.53. The number of amides is 1. The van der Waals surface area contributed by atoms with E-state index in [0.717, 1.165) is 4.47 Å². The summed E-state index contributed by atoms with van der Waals surface area (Å²) >= 11 is 3.36. The zero-order valence-corrected chi connectivity index (χ0v) is 15.8. The topological polar surface area (TPSA) is 80.2 Å². The van der Waals surface area contributed by atoms with Gasteiger partial charge in [0.1, 0.15) is 5.75 Å². The summed E-state index contributed by atoms with van der Waals surface area (Å²) in [6, 6.07) is 9.90. The van der Waals surface area contributed by atoms with Crippen LogP contribution < -0.4 is 14.9 Å². The summed E-state index contributed by atoms with van der Waals surface area (Å²) in [5, 5.41) is 14.2. The molecule has 0 saturated carbocycles. The Morgan fingerprint density at radius 2 is 1.88 bits per heavy atom. The van der Waals surface area contributed by atoms with Gasteiger partial charge in [-0.3, -0.25) is 4.79 Å². The second-order valence-electron chi connectivity index (χ2n) is 5.08. The highest BCUT2D eigenvalue weighted by Gasteiger charge is 2.12. The number of ether oxygens (including phenoxy) is 2. The molecule has 0 fully saturated rings. The van der Waals surface area contributed by atoms with Gasteiger partial charge in [-0.25, -0.2) is 5.43 Å². The molecule has 0 aromatic heterocycles. The molecule has 1 amide bonds. The lowest BCUT2D eigenvalue weighted by molar-refractivity contribution is 0.0954. The van der Waals surface area contributed by atoms with Crippen LogP contribution in [0.5, 0.6) is 17.2 Å². The Hall–Kier alpha value is -2.54. The van der Waals surface area contributed by atoms with Gasteiger partial charge in [-0.2, -0.15) is 5.10 Å². The first kappa shape index (κ1) is 18.8. The van der Waals surface area contributed by atoms with Crippen molar-refractivity contribution in [2.75, 3.05) is 14.2 Å². The van der Waals surface area contributed by atoms with E-state index >= 15 is 0 Å². The number of carbonyl (C=O) groups is 1. The van der Waals surface area contributed by atoms with Crippen LogP contribution in [0, 0.1) is 0 Å². The number of hydrogen-bond donors (Lipinski definition) is 2. The van der Waals surface area contributed by atoms with Crippen molar-refractivity contribution >= 4 is 27.5 Å². The third-order valence-corrected chi connectivity index (χ3v) is 4.04. The maximum absolute atomic E-state index is 12.3. The summed E-state index contributed by atoms with van der Waals surface area (Å²) in [6.07, 6.45) is 0.538. The number of halogens is 1. The highest BCUT2D eigenvalue weighted by molar-refractivity contribution is 9.10. The average Bonchev–Trinajstić information content (AvgIpc) is 2.63. The number of benzene rings is 2. The summed E-state index contributed by atoms with van der Waals surface area (Å²) in [5.41, 5.74) is 4.02. The van der Waals surface area contributed by atoms with E-state index in [1.165, 1.54) is 14.2 Å². The number of rotatable bonds is 6. The lowest BCUT2D eigenvalue weighted by Crippen LogP contribution is -2.20. The molecule has 2 aromatic carbocycles. The molecule has 0 unspecified atom stereocenters. The van der Waals surface area contributed by atoms with E-state index in [4.69, 9.17) is 9.47 Å². The molecular formula is C18H19BrN2O4. The Bertz CT molecular complexity index is 806. The first-order valence-electron chi connectivity index (χ1n) is 7.58. The summed E-state index contributed by atoms with van der Waals surface area (Å²) in [5.74, 6) is 0.709. The van der Waals surface area contributed by atoms with Crippen LogP contribution in [0.2, 0.25) is 0 Å². The predicted octanol–water partition coefficient (Wildman–Crippen LogP) is 3.72.